The standard InChI is InChI=1S/C13H10N2O5S/c16-12(9-6-7-11(13(17)18)14-8-9)15-21(19,20)10-4-2-1-3-5-10/h1-8H,(H,15,16)(H,17,18). The van der Waals surface area contributed by atoms with Crippen molar-refractivity contribution in [2.24, 2.45) is 0 Å². The monoisotopic (exact) mass is 306 g/mol. The molecular weight excluding hydrogens is 296 g/mol. The van der Waals surface area contributed by atoms with Crippen LogP contribution in [0.2, 0.25) is 0 Å². The minimum atomic E-state index is -3.98. The molecule has 0 radical (unpaired) electrons. The summed E-state index contributed by atoms with van der Waals surface area (Å²) >= 11 is 0. The van der Waals surface area contributed by atoms with E-state index in [1.165, 1.54) is 30.3 Å². The number of rotatable bonds is 4. The Bertz CT molecular complexity index is 770. The summed E-state index contributed by atoms with van der Waals surface area (Å²) in [5.41, 5.74) is -0.294. The van der Waals surface area contributed by atoms with E-state index < -0.39 is 21.9 Å². The topological polar surface area (TPSA) is 113 Å². The van der Waals surface area contributed by atoms with E-state index in [9.17, 15) is 18.0 Å². The third-order valence-electron chi connectivity index (χ3n) is 2.53. The first-order chi connectivity index (χ1) is 9.90. The van der Waals surface area contributed by atoms with Gasteiger partial charge >= 0.3 is 5.97 Å². The number of nitrogens with one attached hydrogen (secondary N) is 1. The number of benzene rings is 1. The molecule has 0 unspecified atom stereocenters. The van der Waals surface area contributed by atoms with Gasteiger partial charge in [-0.3, -0.25) is 4.79 Å². The van der Waals surface area contributed by atoms with Gasteiger partial charge in [-0.1, -0.05) is 18.2 Å². The lowest BCUT2D eigenvalue weighted by atomic mass is 10.2. The van der Waals surface area contributed by atoms with Crippen molar-refractivity contribution in [1.82, 2.24) is 9.71 Å². The molecule has 1 aromatic carbocycles. The summed E-state index contributed by atoms with van der Waals surface area (Å²) in [5.74, 6) is -2.12. The smallest absolute Gasteiger partial charge is 0.354 e. The molecule has 2 rings (SSSR count). The predicted octanol–water partition coefficient (Wildman–Crippen LogP) is 0.898. The Balaban J connectivity index is 2.20. The summed E-state index contributed by atoms with van der Waals surface area (Å²) in [4.78, 5) is 26.0. The molecule has 21 heavy (non-hydrogen) atoms. The SMILES string of the molecule is O=C(NS(=O)(=O)c1ccccc1)c1ccc(C(=O)O)nc1. The number of amides is 1. The zero-order valence-corrected chi connectivity index (χ0v) is 11.4. The zero-order chi connectivity index (χ0) is 15.5. The van der Waals surface area contributed by atoms with Gasteiger partial charge in [-0.05, 0) is 24.3 Å². The van der Waals surface area contributed by atoms with Crippen molar-refractivity contribution >= 4 is 21.9 Å². The Morgan fingerprint density at radius 1 is 1.05 bits per heavy atom. The molecule has 1 aromatic heterocycles. The number of carboxylic acids is 1. The molecule has 0 aliphatic heterocycles. The molecule has 0 bridgehead atoms. The van der Waals surface area contributed by atoms with Crippen LogP contribution in [0.5, 0.6) is 0 Å². The van der Waals surface area contributed by atoms with Gasteiger partial charge in [0.25, 0.3) is 15.9 Å². The third-order valence-corrected chi connectivity index (χ3v) is 3.87. The number of aromatic nitrogens is 1. The number of hydrogen-bond donors (Lipinski definition) is 2. The first-order valence-electron chi connectivity index (χ1n) is 5.72. The molecule has 108 valence electrons. The van der Waals surface area contributed by atoms with Crippen LogP contribution in [0.25, 0.3) is 0 Å². The number of carboxylic acid groups (broad SMARTS) is 1. The molecule has 0 saturated heterocycles. The van der Waals surface area contributed by atoms with E-state index in [4.69, 9.17) is 5.11 Å². The Labute approximate surface area is 120 Å². The van der Waals surface area contributed by atoms with Crippen LogP contribution in [0.15, 0.2) is 53.6 Å². The van der Waals surface area contributed by atoms with Crippen LogP contribution in [-0.2, 0) is 10.0 Å². The van der Waals surface area contributed by atoms with E-state index in [1.54, 1.807) is 6.07 Å². The molecule has 0 atom stereocenters. The normalized spacial score (nSPS) is 10.9. The lowest BCUT2D eigenvalue weighted by molar-refractivity contribution is 0.0689. The minimum absolute atomic E-state index is 0.0477. The minimum Gasteiger partial charge on any atom is -0.477 e. The molecule has 0 saturated carbocycles. The van der Waals surface area contributed by atoms with Crippen LogP contribution in [0, 0.1) is 0 Å². The fraction of sp³-hybridized carbons (Fsp3) is 0. The quantitative estimate of drug-likeness (QED) is 0.867. The average molecular weight is 306 g/mol. The van der Waals surface area contributed by atoms with Crippen LogP contribution in [0.4, 0.5) is 0 Å². The van der Waals surface area contributed by atoms with Gasteiger partial charge in [-0.15, -0.1) is 0 Å². The molecule has 2 aromatic rings. The average Bonchev–Trinajstić information content (AvgIpc) is 2.48. The lowest BCUT2D eigenvalue weighted by Crippen LogP contribution is -2.30. The highest BCUT2D eigenvalue weighted by molar-refractivity contribution is 7.90. The predicted molar refractivity (Wildman–Crippen MR) is 72.3 cm³/mol. The number of nitrogens with zero attached hydrogens (tertiary/aromatic N) is 1. The highest BCUT2D eigenvalue weighted by atomic mass is 32.2. The summed E-state index contributed by atoms with van der Waals surface area (Å²) in [6, 6.07) is 9.71. The van der Waals surface area contributed by atoms with Crippen molar-refractivity contribution in [2.45, 2.75) is 4.90 Å². The fourth-order valence-corrected chi connectivity index (χ4v) is 2.49. The second kappa shape index (κ2) is 5.71. The summed E-state index contributed by atoms with van der Waals surface area (Å²) in [6.45, 7) is 0. The number of carbonyl (C=O) groups excluding carboxylic acids is 1. The van der Waals surface area contributed by atoms with E-state index in [-0.39, 0.29) is 16.2 Å². The Morgan fingerprint density at radius 3 is 2.24 bits per heavy atom. The second-order valence-corrected chi connectivity index (χ2v) is 5.67. The third kappa shape index (κ3) is 3.42. The molecule has 1 amide bonds. The maximum absolute atomic E-state index is 11.9. The summed E-state index contributed by atoms with van der Waals surface area (Å²) < 4.78 is 25.8. The Morgan fingerprint density at radius 2 is 1.71 bits per heavy atom. The number of hydrogen-bond acceptors (Lipinski definition) is 5. The van der Waals surface area contributed by atoms with E-state index in [0.29, 0.717) is 0 Å². The molecular formula is C13H10N2O5S. The fourth-order valence-electron chi connectivity index (χ4n) is 1.49. The molecule has 0 fully saturated rings. The van der Waals surface area contributed by atoms with Gasteiger partial charge in [-0.25, -0.2) is 22.9 Å². The van der Waals surface area contributed by atoms with Gasteiger partial charge in [0.2, 0.25) is 0 Å². The van der Waals surface area contributed by atoms with E-state index >= 15 is 0 Å². The molecule has 7 nitrogen and oxygen atoms in total. The highest BCUT2D eigenvalue weighted by Gasteiger charge is 2.18. The van der Waals surface area contributed by atoms with Crippen molar-refractivity contribution in [2.75, 3.05) is 0 Å². The molecule has 2 N–H and O–H groups in total. The van der Waals surface area contributed by atoms with Crippen molar-refractivity contribution in [3.05, 3.63) is 59.9 Å². The van der Waals surface area contributed by atoms with Crippen LogP contribution < -0.4 is 4.72 Å². The van der Waals surface area contributed by atoms with Crippen molar-refractivity contribution in [3.63, 3.8) is 0 Å². The van der Waals surface area contributed by atoms with E-state index in [1.807, 2.05) is 4.72 Å². The largest absolute Gasteiger partial charge is 0.477 e. The van der Waals surface area contributed by atoms with Crippen LogP contribution in [-0.4, -0.2) is 30.4 Å². The maximum Gasteiger partial charge on any atom is 0.354 e. The van der Waals surface area contributed by atoms with Gasteiger partial charge in [-0.2, -0.15) is 0 Å². The molecule has 8 heteroatoms. The van der Waals surface area contributed by atoms with Crippen LogP contribution in [0.3, 0.4) is 0 Å². The molecule has 0 aliphatic carbocycles. The van der Waals surface area contributed by atoms with Gasteiger partial charge in [0, 0.05) is 6.20 Å². The number of sulfonamides is 1. The lowest BCUT2D eigenvalue weighted by Gasteiger charge is -2.06. The molecule has 0 spiro atoms. The van der Waals surface area contributed by atoms with E-state index in [0.717, 1.165) is 12.3 Å². The number of aromatic carboxylic acids is 1. The number of pyridine rings is 1. The maximum atomic E-state index is 11.9. The highest BCUT2D eigenvalue weighted by Crippen LogP contribution is 2.08. The van der Waals surface area contributed by atoms with Crippen LogP contribution >= 0.6 is 0 Å². The van der Waals surface area contributed by atoms with E-state index in [2.05, 4.69) is 4.98 Å². The van der Waals surface area contributed by atoms with Gasteiger partial charge in [0.05, 0.1) is 10.5 Å². The van der Waals surface area contributed by atoms with Crippen molar-refractivity contribution in [3.8, 4) is 0 Å². The first kappa shape index (κ1) is 14.7. The second-order valence-electron chi connectivity index (χ2n) is 3.98. The van der Waals surface area contributed by atoms with Crippen LogP contribution in [0.1, 0.15) is 20.8 Å². The number of carbonyl (C=O) groups is 2. The summed E-state index contributed by atoms with van der Waals surface area (Å²) in [7, 11) is -3.98. The Hall–Kier alpha value is -2.74. The summed E-state index contributed by atoms with van der Waals surface area (Å²) in [5, 5.41) is 8.69. The Kier molecular flexibility index (Phi) is 3.99. The zero-order valence-electron chi connectivity index (χ0n) is 10.6. The van der Waals surface area contributed by atoms with Crippen molar-refractivity contribution < 1.29 is 23.1 Å². The molecule has 1 heterocycles. The van der Waals surface area contributed by atoms with Gasteiger partial charge in [0.1, 0.15) is 5.69 Å². The van der Waals surface area contributed by atoms with Crippen molar-refractivity contribution in [1.29, 1.82) is 0 Å². The van der Waals surface area contributed by atoms with Gasteiger partial charge < -0.3 is 5.11 Å². The van der Waals surface area contributed by atoms with Gasteiger partial charge in [0.15, 0.2) is 0 Å². The molecule has 0 aliphatic rings. The first-order valence-corrected chi connectivity index (χ1v) is 7.20. The summed E-state index contributed by atoms with van der Waals surface area (Å²) in [6.07, 6.45) is 0.999.